The number of carbonyl (C=O) groups excluding carboxylic acids is 6. The number of hydrogen-bond acceptors (Lipinski definition) is 11. The Kier molecular flexibility index (Phi) is 26.0. The molecule has 0 radical (unpaired) electrons. The molecule has 72 heavy (non-hydrogen) atoms. The minimum absolute atomic E-state index is 0. The van der Waals surface area contributed by atoms with Crippen LogP contribution in [-0.4, -0.2) is 132 Å². The molecule has 0 spiro atoms. The van der Waals surface area contributed by atoms with Crippen molar-refractivity contribution in [3.05, 3.63) is 70.3 Å². The second-order valence-corrected chi connectivity index (χ2v) is 19.2. The topological polar surface area (TPSA) is 199 Å². The van der Waals surface area contributed by atoms with Crippen molar-refractivity contribution in [3.8, 4) is 0 Å². The first-order chi connectivity index (χ1) is 32.5. The van der Waals surface area contributed by atoms with Crippen LogP contribution in [0.1, 0.15) is 79.8 Å². The van der Waals surface area contributed by atoms with Crippen molar-refractivity contribution in [1.29, 1.82) is 0 Å². The summed E-state index contributed by atoms with van der Waals surface area (Å²) in [6, 6.07) is -0.251. The zero-order chi connectivity index (χ0) is 52.5. The number of rotatable bonds is 11. The largest absolute Gasteiger partial charge is 1.00 e. The number of amides is 5. The number of halogens is 9. The van der Waals surface area contributed by atoms with E-state index in [1.165, 1.54) is 4.90 Å². The Labute approximate surface area is 496 Å². The summed E-state index contributed by atoms with van der Waals surface area (Å²) < 4.78 is 131. The molecule has 3 N–H and O–H groups in total. The zero-order valence-electron chi connectivity index (χ0n) is 42.2. The second kappa shape index (κ2) is 28.5. The van der Waals surface area contributed by atoms with Crippen LogP contribution >= 0.6 is 0 Å². The predicted molar refractivity (Wildman–Crippen MR) is 227 cm³/mol. The minimum Gasteiger partial charge on any atom is -1.00 e. The Balaban J connectivity index is 0.000000662. The number of fused-ring (bicyclic) bond motifs is 2. The Bertz CT molecular complexity index is 2230. The average Bonchev–Trinajstić information content (AvgIpc) is 4.03. The van der Waals surface area contributed by atoms with Crippen molar-refractivity contribution >= 4 is 36.4 Å². The molecule has 4 aliphatic rings. The summed E-state index contributed by atoms with van der Waals surface area (Å²) in [7, 11) is 0. The Morgan fingerprint density at radius 3 is 1.49 bits per heavy atom. The maximum Gasteiger partial charge on any atom is 1.00 e. The molecular formula is C45H57F9K2N6O10. The van der Waals surface area contributed by atoms with Gasteiger partial charge in [0.1, 0.15) is 22.8 Å². The van der Waals surface area contributed by atoms with E-state index in [1.807, 2.05) is 0 Å². The summed E-state index contributed by atoms with van der Waals surface area (Å²) in [5.74, 6) is -9.80. The quantitative estimate of drug-likeness (QED) is 0.0615. The van der Waals surface area contributed by atoms with E-state index in [4.69, 9.17) is 19.5 Å². The summed E-state index contributed by atoms with van der Waals surface area (Å²) in [5.41, 5.74) is -2.06. The van der Waals surface area contributed by atoms with Crippen LogP contribution in [0.3, 0.4) is 0 Å². The van der Waals surface area contributed by atoms with Crippen LogP contribution in [0.5, 0.6) is 0 Å². The van der Waals surface area contributed by atoms with Crippen molar-refractivity contribution in [2.45, 2.75) is 122 Å². The van der Waals surface area contributed by atoms with Gasteiger partial charge in [0.05, 0.1) is 6.04 Å². The smallest absolute Gasteiger partial charge is 1.00 e. The van der Waals surface area contributed by atoms with Crippen molar-refractivity contribution in [1.82, 2.24) is 30.7 Å². The fourth-order valence-corrected chi connectivity index (χ4v) is 8.70. The third kappa shape index (κ3) is 19.8. The van der Waals surface area contributed by atoms with Crippen LogP contribution in [0.25, 0.3) is 0 Å². The molecular weight excluding hydrogens is 1030 g/mol. The third-order valence-electron chi connectivity index (χ3n) is 11.6. The summed E-state index contributed by atoms with van der Waals surface area (Å²) in [4.78, 5) is 77.3. The van der Waals surface area contributed by atoms with E-state index >= 15 is 0 Å². The van der Waals surface area contributed by atoms with Gasteiger partial charge in [0.15, 0.2) is 23.3 Å². The number of carbonyl (C=O) groups is 6. The van der Waals surface area contributed by atoms with E-state index in [1.54, 1.807) is 46.4 Å². The van der Waals surface area contributed by atoms with Gasteiger partial charge in [-0.25, -0.2) is 35.9 Å². The molecule has 4 aliphatic heterocycles. The minimum atomic E-state index is -5.02. The van der Waals surface area contributed by atoms with Gasteiger partial charge in [-0.1, -0.05) is 0 Å². The van der Waals surface area contributed by atoms with Gasteiger partial charge in [-0.05, 0) is 96.4 Å². The molecule has 0 unspecified atom stereocenters. The van der Waals surface area contributed by atoms with E-state index in [2.05, 4.69) is 20.8 Å². The van der Waals surface area contributed by atoms with Crippen LogP contribution in [0.15, 0.2) is 24.3 Å². The van der Waals surface area contributed by atoms with Crippen LogP contribution in [0.4, 0.5) is 49.1 Å². The number of benzene rings is 2. The van der Waals surface area contributed by atoms with Crippen LogP contribution in [0, 0.1) is 46.7 Å². The van der Waals surface area contributed by atoms with Gasteiger partial charge in [0.25, 0.3) is 6.47 Å². The molecule has 6 atom stereocenters. The number of nitrogens with zero attached hydrogens (tertiary/aromatic N) is 3. The Morgan fingerprint density at radius 1 is 0.681 bits per heavy atom. The molecule has 16 nitrogen and oxygen atoms in total. The molecule has 27 heteroatoms. The molecule has 0 aromatic heterocycles. The number of hydrogen-bond donors (Lipinski definition) is 3. The average molecular weight is 1090 g/mol. The first kappa shape index (κ1) is 65.5. The summed E-state index contributed by atoms with van der Waals surface area (Å²) in [5, 5.41) is 16.7. The maximum atomic E-state index is 14.3. The Morgan fingerprint density at radius 2 is 1.08 bits per heavy atom. The van der Waals surface area contributed by atoms with E-state index in [0.29, 0.717) is 42.0 Å². The van der Waals surface area contributed by atoms with Crippen LogP contribution in [0.2, 0.25) is 0 Å². The van der Waals surface area contributed by atoms with E-state index in [9.17, 15) is 63.5 Å². The standard InChI is InChI=1S/C23H27F6N3O4.C21H28F3N3O3.CH2O3.2K.H/c1-22(2,3)36-21(35)30-14(6-13-7-16(25)17(26)9-15(13)24)8-19(33)32-5-4-12-10-31(11-18(12)32)20(34)23(27,28)29;1-21(2,3)30-20(29)26-14(6-13-7-16(23)17(24)9-15(13)22)8-19(28)27-5-4-12-10-25-11-18(12)27;2-1-4-3;;;/h7,9,12,14,18H,4-6,8,10-11H2,1-3H3,(H,30,35);7,9,12,14,18,25H,4-6,8,10-11H2,1-3H3,(H,26,29);1,3H;;;/q;;;2*+1;-1/p-1/t2*12-,14+,18+;;;;/m00..../s1. The monoisotopic (exact) mass is 1090 g/mol. The number of likely N-dealkylation sites (tertiary alicyclic amines) is 3. The van der Waals surface area contributed by atoms with E-state index < -0.39 is 101 Å². The molecule has 5 amide bonds. The van der Waals surface area contributed by atoms with Gasteiger partial charge in [-0.3, -0.25) is 19.2 Å². The summed E-state index contributed by atoms with van der Waals surface area (Å²) >= 11 is 0. The maximum absolute atomic E-state index is 14.3. The predicted octanol–water partition coefficient (Wildman–Crippen LogP) is -1.14. The van der Waals surface area contributed by atoms with Crippen LogP contribution < -0.4 is 124 Å². The molecule has 6 rings (SSSR count). The normalized spacial score (nSPS) is 19.9. The molecule has 0 saturated carbocycles. The Hall–Kier alpha value is -2.58. The van der Waals surface area contributed by atoms with Gasteiger partial charge in [0, 0.05) is 88.3 Å². The number of alkyl carbamates (subject to hydrolysis) is 2. The van der Waals surface area contributed by atoms with Crippen molar-refractivity contribution < 1.29 is 192 Å². The van der Waals surface area contributed by atoms with Crippen molar-refractivity contribution in [2.24, 2.45) is 11.8 Å². The van der Waals surface area contributed by atoms with E-state index in [-0.39, 0.29) is 179 Å². The first-order valence-electron chi connectivity index (χ1n) is 22.1. The van der Waals surface area contributed by atoms with Crippen molar-refractivity contribution in [3.63, 3.8) is 0 Å². The molecule has 0 aliphatic carbocycles. The summed E-state index contributed by atoms with van der Waals surface area (Å²) in [6.45, 7) is 11.7. The van der Waals surface area contributed by atoms with Gasteiger partial charge < -0.3 is 51.7 Å². The molecule has 2 aromatic rings. The number of ether oxygens (including phenoxy) is 2. The molecule has 392 valence electrons. The molecule has 4 fully saturated rings. The third-order valence-corrected chi connectivity index (χ3v) is 11.6. The number of alkyl halides is 3. The molecule has 0 bridgehead atoms. The van der Waals surface area contributed by atoms with Gasteiger partial charge >= 0.3 is 127 Å². The fraction of sp³-hybridized carbons (Fsp3) is 0.600. The molecule has 2 aromatic carbocycles. The fourth-order valence-electron chi connectivity index (χ4n) is 8.70. The zero-order valence-corrected chi connectivity index (χ0v) is 47.4. The SMILES string of the molecule is CC(C)(C)OC(=O)N[C@@H](CC(=O)N1CC[C@H]2CN(C(=O)C(F)(F)F)C[C@H]21)Cc1cc(F)c(F)cc1F.CC(C)(C)OC(=O)N[C@@H](CC(=O)N1CC[C@H]2CNC[C@H]21)Cc1cc(F)c(F)cc1F.O=CO[O-].[H-].[K+].[K+]. The number of nitrogens with one attached hydrogen (secondary N) is 3. The first-order valence-corrected chi connectivity index (χ1v) is 22.1. The van der Waals surface area contributed by atoms with Gasteiger partial charge in [-0.2, -0.15) is 13.2 Å². The second-order valence-electron chi connectivity index (χ2n) is 19.2. The molecule has 4 saturated heterocycles. The molecule has 4 heterocycles. The van der Waals surface area contributed by atoms with Gasteiger partial charge in [0.2, 0.25) is 11.8 Å². The van der Waals surface area contributed by atoms with Crippen LogP contribution in [-0.2, 0) is 46.4 Å². The van der Waals surface area contributed by atoms with Gasteiger partial charge in [-0.15, -0.1) is 0 Å². The van der Waals surface area contributed by atoms with E-state index in [0.717, 1.165) is 25.6 Å². The van der Waals surface area contributed by atoms with Crippen molar-refractivity contribution in [2.75, 3.05) is 39.3 Å². The summed E-state index contributed by atoms with van der Waals surface area (Å²) in [6.07, 6.45) is -6.47.